The van der Waals surface area contributed by atoms with Crippen LogP contribution in [0.4, 0.5) is 0 Å². The topological polar surface area (TPSA) is 6.48 Å². The largest absolute Gasteiger partial charge is 0.303 e. The Morgan fingerprint density at radius 3 is 2.33 bits per heavy atom. The second-order valence-corrected chi connectivity index (χ2v) is 5.12. The van der Waals surface area contributed by atoms with E-state index in [1.807, 2.05) is 0 Å². The van der Waals surface area contributed by atoms with Gasteiger partial charge in [-0.25, -0.2) is 0 Å². The smallest absolute Gasteiger partial charge is 0.0117 e. The summed E-state index contributed by atoms with van der Waals surface area (Å²) in [5.41, 5.74) is 0. The molecular formula is C13H28N2. The van der Waals surface area contributed by atoms with Crippen LogP contribution in [-0.2, 0) is 0 Å². The van der Waals surface area contributed by atoms with Crippen molar-refractivity contribution in [3.63, 3.8) is 0 Å². The first kappa shape index (κ1) is 13.0. The first-order chi connectivity index (χ1) is 7.17. The van der Waals surface area contributed by atoms with Crippen molar-refractivity contribution in [3.05, 3.63) is 0 Å². The van der Waals surface area contributed by atoms with Crippen LogP contribution in [-0.4, -0.2) is 49.1 Å². The maximum Gasteiger partial charge on any atom is 0.0117 e. The third-order valence-electron chi connectivity index (χ3n) is 3.92. The SMILES string of the molecule is CCC(C)CN(C)C1CCN(CC)CC1. The summed E-state index contributed by atoms with van der Waals surface area (Å²) in [6, 6.07) is 0.835. The van der Waals surface area contributed by atoms with Crippen molar-refractivity contribution in [2.75, 3.05) is 33.2 Å². The Labute approximate surface area is 95.6 Å². The van der Waals surface area contributed by atoms with E-state index in [0.717, 1.165) is 12.0 Å². The second kappa shape index (κ2) is 6.49. The Bertz CT molecular complexity index is 162. The maximum atomic E-state index is 2.58. The molecule has 15 heavy (non-hydrogen) atoms. The third kappa shape index (κ3) is 4.12. The van der Waals surface area contributed by atoms with Gasteiger partial charge in [-0.2, -0.15) is 0 Å². The summed E-state index contributed by atoms with van der Waals surface area (Å²) < 4.78 is 0. The lowest BCUT2D eigenvalue weighted by Gasteiger charge is -2.37. The number of likely N-dealkylation sites (tertiary alicyclic amines) is 1. The van der Waals surface area contributed by atoms with Crippen molar-refractivity contribution >= 4 is 0 Å². The van der Waals surface area contributed by atoms with Gasteiger partial charge in [-0.05, 0) is 45.4 Å². The van der Waals surface area contributed by atoms with E-state index in [0.29, 0.717) is 0 Å². The second-order valence-electron chi connectivity index (χ2n) is 5.12. The van der Waals surface area contributed by atoms with Crippen molar-refractivity contribution in [2.24, 2.45) is 5.92 Å². The molecule has 0 aromatic heterocycles. The minimum absolute atomic E-state index is 0.835. The van der Waals surface area contributed by atoms with Crippen LogP contribution in [0.3, 0.4) is 0 Å². The minimum atomic E-state index is 0.835. The number of piperidine rings is 1. The highest BCUT2D eigenvalue weighted by Gasteiger charge is 2.21. The monoisotopic (exact) mass is 212 g/mol. The Morgan fingerprint density at radius 2 is 1.87 bits per heavy atom. The minimum Gasteiger partial charge on any atom is -0.303 e. The molecule has 1 heterocycles. The van der Waals surface area contributed by atoms with Crippen LogP contribution in [0.1, 0.15) is 40.0 Å². The van der Waals surface area contributed by atoms with E-state index in [9.17, 15) is 0 Å². The molecule has 1 atom stereocenters. The van der Waals surface area contributed by atoms with Crippen LogP contribution in [0, 0.1) is 5.92 Å². The zero-order valence-electron chi connectivity index (χ0n) is 11.0. The Kier molecular flexibility index (Phi) is 5.62. The van der Waals surface area contributed by atoms with E-state index in [1.165, 1.54) is 45.4 Å². The van der Waals surface area contributed by atoms with Gasteiger partial charge in [-0.3, -0.25) is 0 Å². The number of rotatable bonds is 5. The molecule has 2 nitrogen and oxygen atoms in total. The van der Waals surface area contributed by atoms with Gasteiger partial charge in [0.2, 0.25) is 0 Å². The fourth-order valence-corrected chi connectivity index (χ4v) is 2.45. The Hall–Kier alpha value is -0.0800. The van der Waals surface area contributed by atoms with Crippen LogP contribution in [0.2, 0.25) is 0 Å². The summed E-state index contributed by atoms with van der Waals surface area (Å²) in [6.07, 6.45) is 4.03. The summed E-state index contributed by atoms with van der Waals surface area (Å²) in [5, 5.41) is 0. The summed E-state index contributed by atoms with van der Waals surface area (Å²) in [6.45, 7) is 12.0. The Balaban J connectivity index is 2.26. The standard InChI is InChI=1S/C13H28N2/c1-5-12(3)11-14(4)13-7-9-15(6-2)10-8-13/h12-13H,5-11H2,1-4H3. The summed E-state index contributed by atoms with van der Waals surface area (Å²) >= 11 is 0. The van der Waals surface area contributed by atoms with Crippen molar-refractivity contribution in [3.8, 4) is 0 Å². The van der Waals surface area contributed by atoms with Gasteiger partial charge in [0.05, 0.1) is 0 Å². The molecule has 1 fully saturated rings. The van der Waals surface area contributed by atoms with Crippen LogP contribution < -0.4 is 0 Å². The molecule has 0 aromatic rings. The summed E-state index contributed by atoms with van der Waals surface area (Å²) in [7, 11) is 2.30. The fraction of sp³-hybridized carbons (Fsp3) is 1.00. The number of nitrogens with zero attached hydrogens (tertiary/aromatic N) is 2. The number of hydrogen-bond acceptors (Lipinski definition) is 2. The molecule has 1 saturated heterocycles. The molecular weight excluding hydrogens is 184 g/mol. The van der Waals surface area contributed by atoms with Gasteiger partial charge >= 0.3 is 0 Å². The van der Waals surface area contributed by atoms with E-state index < -0.39 is 0 Å². The van der Waals surface area contributed by atoms with Crippen LogP contribution in [0.5, 0.6) is 0 Å². The molecule has 0 bridgehead atoms. The molecule has 1 aliphatic heterocycles. The summed E-state index contributed by atoms with van der Waals surface area (Å²) in [5.74, 6) is 0.846. The predicted molar refractivity (Wildman–Crippen MR) is 67.2 cm³/mol. The van der Waals surface area contributed by atoms with Crippen molar-refractivity contribution in [2.45, 2.75) is 46.1 Å². The molecule has 1 rings (SSSR count). The molecule has 0 N–H and O–H groups in total. The third-order valence-corrected chi connectivity index (χ3v) is 3.92. The van der Waals surface area contributed by atoms with Crippen molar-refractivity contribution in [1.29, 1.82) is 0 Å². The molecule has 2 heteroatoms. The highest BCUT2D eigenvalue weighted by atomic mass is 15.2. The van der Waals surface area contributed by atoms with Gasteiger partial charge in [-0.1, -0.05) is 27.2 Å². The van der Waals surface area contributed by atoms with Gasteiger partial charge in [0, 0.05) is 12.6 Å². The van der Waals surface area contributed by atoms with Gasteiger partial charge < -0.3 is 9.80 Å². The highest BCUT2D eigenvalue weighted by Crippen LogP contribution is 2.16. The van der Waals surface area contributed by atoms with E-state index in [-0.39, 0.29) is 0 Å². The lowest BCUT2D eigenvalue weighted by atomic mass is 10.0. The van der Waals surface area contributed by atoms with Gasteiger partial charge in [0.25, 0.3) is 0 Å². The molecule has 0 amide bonds. The predicted octanol–water partition coefficient (Wildman–Crippen LogP) is 2.45. The zero-order valence-corrected chi connectivity index (χ0v) is 11.0. The highest BCUT2D eigenvalue weighted by molar-refractivity contribution is 4.78. The van der Waals surface area contributed by atoms with E-state index in [4.69, 9.17) is 0 Å². The molecule has 0 spiro atoms. The van der Waals surface area contributed by atoms with Crippen molar-refractivity contribution in [1.82, 2.24) is 9.80 Å². The fourth-order valence-electron chi connectivity index (χ4n) is 2.45. The Morgan fingerprint density at radius 1 is 1.27 bits per heavy atom. The molecule has 1 unspecified atom stereocenters. The summed E-state index contributed by atoms with van der Waals surface area (Å²) in [4.78, 5) is 5.15. The van der Waals surface area contributed by atoms with E-state index in [1.54, 1.807) is 0 Å². The average Bonchev–Trinajstić information content (AvgIpc) is 2.29. The van der Waals surface area contributed by atoms with E-state index >= 15 is 0 Å². The number of hydrogen-bond donors (Lipinski definition) is 0. The van der Waals surface area contributed by atoms with Crippen LogP contribution in [0.15, 0.2) is 0 Å². The van der Waals surface area contributed by atoms with Gasteiger partial charge in [0.15, 0.2) is 0 Å². The first-order valence-corrected chi connectivity index (χ1v) is 6.59. The van der Waals surface area contributed by atoms with Gasteiger partial charge in [0.1, 0.15) is 0 Å². The molecule has 0 aromatic carbocycles. The molecule has 0 radical (unpaired) electrons. The quantitative estimate of drug-likeness (QED) is 0.691. The molecule has 0 saturated carbocycles. The van der Waals surface area contributed by atoms with Crippen LogP contribution in [0.25, 0.3) is 0 Å². The maximum absolute atomic E-state index is 2.58. The average molecular weight is 212 g/mol. The van der Waals surface area contributed by atoms with Gasteiger partial charge in [-0.15, -0.1) is 0 Å². The van der Waals surface area contributed by atoms with Crippen LogP contribution >= 0.6 is 0 Å². The lowest BCUT2D eigenvalue weighted by molar-refractivity contribution is 0.120. The molecule has 0 aliphatic carbocycles. The molecule has 1 aliphatic rings. The van der Waals surface area contributed by atoms with Crippen molar-refractivity contribution < 1.29 is 0 Å². The first-order valence-electron chi connectivity index (χ1n) is 6.59. The normalized spacial score (nSPS) is 22.2. The zero-order chi connectivity index (χ0) is 11.3. The molecule has 90 valence electrons. The van der Waals surface area contributed by atoms with E-state index in [2.05, 4.69) is 37.6 Å². The lowest BCUT2D eigenvalue weighted by Crippen LogP contribution is -2.44.